The normalized spacial score (nSPS) is 22.0. The zero-order chi connectivity index (χ0) is 30.3. The molecule has 10 heteroatoms. The van der Waals surface area contributed by atoms with Crippen LogP contribution < -0.4 is 4.90 Å². The number of H-pyrrole nitrogens is 1. The number of amides is 1. The molecule has 3 aromatic heterocycles. The van der Waals surface area contributed by atoms with Crippen molar-refractivity contribution in [2.45, 2.75) is 70.9 Å². The van der Waals surface area contributed by atoms with Gasteiger partial charge in [0.1, 0.15) is 24.2 Å². The third-order valence-corrected chi connectivity index (χ3v) is 9.66. The fourth-order valence-electron chi connectivity index (χ4n) is 7.11. The maximum absolute atomic E-state index is 14.0. The monoisotopic (exact) mass is 581 g/mol. The number of aryl methyl sites for hydroxylation is 1. The molecule has 0 aliphatic carbocycles. The van der Waals surface area contributed by atoms with Crippen LogP contribution in [0.25, 0.3) is 21.9 Å². The summed E-state index contributed by atoms with van der Waals surface area (Å²) in [5, 5.41) is 11.0. The maximum atomic E-state index is 14.0. The van der Waals surface area contributed by atoms with Crippen LogP contribution in [0.2, 0.25) is 0 Å². The van der Waals surface area contributed by atoms with E-state index in [0.29, 0.717) is 43.5 Å². The summed E-state index contributed by atoms with van der Waals surface area (Å²) in [6.45, 7) is 8.14. The number of piperidine rings is 1. The fraction of sp³-hybridized carbons (Fsp3) is 0.485. The summed E-state index contributed by atoms with van der Waals surface area (Å²) in [6, 6.07) is 10.3. The van der Waals surface area contributed by atoms with Crippen molar-refractivity contribution in [2.75, 3.05) is 31.6 Å². The molecule has 4 aromatic rings. The molecule has 1 fully saturated rings. The minimum atomic E-state index is -0.755. The lowest BCUT2D eigenvalue weighted by Gasteiger charge is -2.42. The average Bonchev–Trinajstić information content (AvgIpc) is 3.64. The number of para-hydroxylation sites is 1. The molecule has 2 aliphatic heterocycles. The Hall–Kier alpha value is -4.23. The SMILES string of the molecule is CCc1cccc2c3c([nH]c12)C(CC)(CC(=O)n1ccc2c(N(C)[C@H]4CN(C(=O)CC#N)CC[C@H]4C)ncnc21)OCC3. The van der Waals surface area contributed by atoms with Crippen molar-refractivity contribution < 1.29 is 14.3 Å². The van der Waals surface area contributed by atoms with E-state index < -0.39 is 5.60 Å². The highest BCUT2D eigenvalue weighted by molar-refractivity contribution is 5.96. The Morgan fingerprint density at radius 3 is 2.81 bits per heavy atom. The first kappa shape index (κ1) is 28.9. The molecule has 1 unspecified atom stereocenters. The molecule has 10 nitrogen and oxygen atoms in total. The molecule has 224 valence electrons. The molecule has 0 bridgehead atoms. The molecule has 0 spiro atoms. The molecule has 0 saturated carbocycles. The van der Waals surface area contributed by atoms with Gasteiger partial charge < -0.3 is 19.5 Å². The summed E-state index contributed by atoms with van der Waals surface area (Å²) in [5.41, 5.74) is 4.46. The standard InChI is InChI=1S/C33H39N7O3/c1-5-22-8-7-9-23-24-13-17-43-33(6-2,30(24)37-29(22)23)18-28(42)40-16-12-25-31(35-20-36-32(25)40)38(4)26-19-39(15-11-21(26)3)27(41)10-14-34/h7-9,12,16,20-21,26,37H,5-6,10-11,13,15,17-19H2,1-4H3/t21-,26+,33?/m1/s1. The first-order valence-electron chi connectivity index (χ1n) is 15.3. The van der Waals surface area contributed by atoms with Crippen LogP contribution >= 0.6 is 0 Å². The van der Waals surface area contributed by atoms with Crippen LogP contribution in [-0.4, -0.2) is 69.0 Å². The van der Waals surface area contributed by atoms with Crippen LogP contribution in [0, 0.1) is 17.2 Å². The van der Waals surface area contributed by atoms with E-state index in [1.54, 1.807) is 15.7 Å². The fourth-order valence-corrected chi connectivity index (χ4v) is 7.11. The molecule has 1 saturated heterocycles. The van der Waals surface area contributed by atoms with E-state index in [2.05, 4.69) is 58.8 Å². The lowest BCUT2D eigenvalue weighted by Crippen LogP contribution is -2.52. The number of carbonyl (C=O) groups excluding carboxylic acids is 2. The smallest absolute Gasteiger partial charge is 0.236 e. The summed E-state index contributed by atoms with van der Waals surface area (Å²) in [7, 11) is 1.98. The van der Waals surface area contributed by atoms with Gasteiger partial charge in [-0.05, 0) is 48.8 Å². The number of aromatic nitrogens is 4. The number of hydrogen-bond acceptors (Lipinski definition) is 7. The molecular formula is C33H39N7O3. The van der Waals surface area contributed by atoms with Gasteiger partial charge in [-0.25, -0.2) is 9.97 Å². The number of likely N-dealkylation sites (tertiary alicyclic amines) is 1. The van der Waals surface area contributed by atoms with Crippen molar-refractivity contribution in [3.63, 3.8) is 0 Å². The van der Waals surface area contributed by atoms with Crippen LogP contribution in [0.5, 0.6) is 0 Å². The summed E-state index contributed by atoms with van der Waals surface area (Å²) >= 11 is 0. The van der Waals surface area contributed by atoms with Crippen molar-refractivity contribution in [3.8, 4) is 6.07 Å². The molecule has 2 aliphatic rings. The van der Waals surface area contributed by atoms with E-state index in [4.69, 9.17) is 10.00 Å². The quantitative estimate of drug-likeness (QED) is 0.327. The highest BCUT2D eigenvalue weighted by atomic mass is 16.5. The van der Waals surface area contributed by atoms with Gasteiger partial charge in [0.25, 0.3) is 0 Å². The van der Waals surface area contributed by atoms with Gasteiger partial charge in [-0.2, -0.15) is 5.26 Å². The number of ether oxygens (including phenoxy) is 1. The summed E-state index contributed by atoms with van der Waals surface area (Å²) in [5.74, 6) is 0.797. The number of carbonyl (C=O) groups is 2. The van der Waals surface area contributed by atoms with E-state index in [1.807, 2.05) is 19.2 Å². The van der Waals surface area contributed by atoms with Crippen molar-refractivity contribution in [2.24, 2.45) is 5.92 Å². The molecule has 1 aromatic carbocycles. The number of likely N-dealkylation sites (N-methyl/N-ethyl adjacent to an activating group) is 1. The number of rotatable bonds is 7. The van der Waals surface area contributed by atoms with Crippen molar-refractivity contribution in [1.29, 1.82) is 5.26 Å². The highest BCUT2D eigenvalue weighted by Crippen LogP contribution is 2.43. The number of benzene rings is 1. The largest absolute Gasteiger partial charge is 0.368 e. The predicted molar refractivity (Wildman–Crippen MR) is 165 cm³/mol. The first-order valence-corrected chi connectivity index (χ1v) is 15.3. The number of nitrogens with one attached hydrogen (secondary N) is 1. The first-order chi connectivity index (χ1) is 20.8. The third-order valence-electron chi connectivity index (χ3n) is 9.66. The predicted octanol–water partition coefficient (Wildman–Crippen LogP) is 4.97. The van der Waals surface area contributed by atoms with E-state index in [0.717, 1.165) is 35.9 Å². The molecule has 6 rings (SSSR count). The molecule has 3 atom stereocenters. The minimum Gasteiger partial charge on any atom is -0.368 e. The second-order valence-corrected chi connectivity index (χ2v) is 11.9. The van der Waals surface area contributed by atoms with Gasteiger partial charge in [-0.3, -0.25) is 14.2 Å². The van der Waals surface area contributed by atoms with Crippen LogP contribution in [-0.2, 0) is 28.0 Å². The number of hydrogen-bond donors (Lipinski definition) is 1. The molecule has 43 heavy (non-hydrogen) atoms. The molecule has 1 amide bonds. The van der Waals surface area contributed by atoms with E-state index in [-0.39, 0.29) is 30.7 Å². The summed E-state index contributed by atoms with van der Waals surface area (Å²) < 4.78 is 8.09. The maximum Gasteiger partial charge on any atom is 0.236 e. The second-order valence-electron chi connectivity index (χ2n) is 11.9. The lowest BCUT2D eigenvalue weighted by atomic mass is 9.86. The lowest BCUT2D eigenvalue weighted by molar-refractivity contribution is -0.131. The number of nitrogens with zero attached hydrogens (tertiary/aromatic N) is 6. The summed E-state index contributed by atoms with van der Waals surface area (Å²) in [6.07, 6.45) is 6.58. The Labute approximate surface area is 251 Å². The Balaban J connectivity index is 1.31. The van der Waals surface area contributed by atoms with Crippen molar-refractivity contribution in [1.82, 2.24) is 24.4 Å². The van der Waals surface area contributed by atoms with Crippen molar-refractivity contribution >= 4 is 39.6 Å². The van der Waals surface area contributed by atoms with E-state index in [9.17, 15) is 9.59 Å². The van der Waals surface area contributed by atoms with Gasteiger partial charge >= 0.3 is 0 Å². The number of fused-ring (bicyclic) bond motifs is 4. The Kier molecular flexibility index (Phi) is 7.69. The van der Waals surface area contributed by atoms with Gasteiger partial charge in [-0.1, -0.05) is 39.0 Å². The van der Waals surface area contributed by atoms with Crippen molar-refractivity contribution in [3.05, 3.63) is 53.6 Å². The van der Waals surface area contributed by atoms with Crippen LogP contribution in [0.15, 0.2) is 36.8 Å². The molecular weight excluding hydrogens is 542 g/mol. The van der Waals surface area contributed by atoms with Gasteiger partial charge in [0.15, 0.2) is 5.65 Å². The van der Waals surface area contributed by atoms with Crippen LogP contribution in [0.3, 0.4) is 0 Å². The van der Waals surface area contributed by atoms with Crippen LogP contribution in [0.1, 0.15) is 68.1 Å². The highest BCUT2D eigenvalue weighted by Gasteiger charge is 2.41. The second kappa shape index (κ2) is 11.5. The number of aromatic amines is 1. The number of anilines is 1. The van der Waals surface area contributed by atoms with E-state index >= 15 is 0 Å². The number of nitriles is 1. The third kappa shape index (κ3) is 4.85. The van der Waals surface area contributed by atoms with E-state index in [1.165, 1.54) is 22.8 Å². The molecule has 1 N–H and O–H groups in total. The van der Waals surface area contributed by atoms with Gasteiger partial charge in [0.05, 0.1) is 36.2 Å². The zero-order valence-corrected chi connectivity index (χ0v) is 25.4. The van der Waals surface area contributed by atoms with Crippen LogP contribution in [0.4, 0.5) is 5.82 Å². The topological polar surface area (TPSA) is 120 Å². The van der Waals surface area contributed by atoms with Gasteiger partial charge in [-0.15, -0.1) is 0 Å². The Morgan fingerprint density at radius 2 is 2.05 bits per heavy atom. The summed E-state index contributed by atoms with van der Waals surface area (Å²) in [4.78, 5) is 43.2. The average molecular weight is 582 g/mol. The Bertz CT molecular complexity index is 1730. The Morgan fingerprint density at radius 1 is 1.21 bits per heavy atom. The zero-order valence-electron chi connectivity index (χ0n) is 25.4. The van der Waals surface area contributed by atoms with Gasteiger partial charge in [0, 0.05) is 37.2 Å². The minimum absolute atomic E-state index is 0.0148. The molecule has 5 heterocycles. The molecule has 0 radical (unpaired) electrons. The van der Waals surface area contributed by atoms with Gasteiger partial charge in [0.2, 0.25) is 11.8 Å².